The van der Waals surface area contributed by atoms with Crippen LogP contribution in [0.4, 0.5) is 25.5 Å². The molecule has 0 spiro atoms. The minimum atomic E-state index is -1.20. The van der Waals surface area contributed by atoms with Crippen molar-refractivity contribution < 1.29 is 18.7 Å². The maximum absolute atomic E-state index is 14.2. The molecule has 8 nitrogen and oxygen atoms in total. The molecular weight excluding hydrogens is 391 g/mol. The maximum atomic E-state index is 14.2. The molecular formula is C18H12ClFN4O4. The normalized spacial score (nSPS) is 10.2. The Morgan fingerprint density at radius 3 is 2.54 bits per heavy atom. The third-order valence-corrected chi connectivity index (χ3v) is 3.66. The van der Waals surface area contributed by atoms with Gasteiger partial charge in [-0.3, -0.25) is 20.0 Å². The van der Waals surface area contributed by atoms with Gasteiger partial charge in [-0.15, -0.1) is 0 Å². The van der Waals surface area contributed by atoms with Crippen molar-refractivity contribution >= 4 is 35.3 Å². The number of amides is 2. The first-order valence-electron chi connectivity index (χ1n) is 7.81. The fraction of sp³-hybridized carbons (Fsp3) is 0. The Morgan fingerprint density at radius 2 is 1.86 bits per heavy atom. The summed E-state index contributed by atoms with van der Waals surface area (Å²) in [7, 11) is 0. The molecule has 0 bridgehead atoms. The van der Waals surface area contributed by atoms with Crippen molar-refractivity contribution in [2.75, 3.05) is 10.6 Å². The van der Waals surface area contributed by atoms with Gasteiger partial charge in [0.05, 0.1) is 16.4 Å². The van der Waals surface area contributed by atoms with E-state index >= 15 is 0 Å². The summed E-state index contributed by atoms with van der Waals surface area (Å²) in [4.78, 5) is 39.0. The summed E-state index contributed by atoms with van der Waals surface area (Å²) in [6.45, 7) is 0. The number of nitrogens with zero attached hydrogens (tertiary/aromatic N) is 2. The van der Waals surface area contributed by atoms with Crippen molar-refractivity contribution in [2.45, 2.75) is 0 Å². The highest BCUT2D eigenvalue weighted by molar-refractivity contribution is 6.30. The average molecular weight is 403 g/mol. The molecule has 0 fully saturated rings. The second-order valence-corrected chi connectivity index (χ2v) is 5.80. The van der Waals surface area contributed by atoms with Crippen LogP contribution in [-0.4, -0.2) is 21.7 Å². The average Bonchev–Trinajstić information content (AvgIpc) is 2.65. The Balaban J connectivity index is 1.64. The molecule has 0 radical (unpaired) electrons. The largest absolute Gasteiger partial charge is 0.421 e. The van der Waals surface area contributed by atoms with Crippen molar-refractivity contribution in [2.24, 2.45) is 0 Å². The molecule has 28 heavy (non-hydrogen) atoms. The number of pyridine rings is 2. The lowest BCUT2D eigenvalue weighted by Crippen LogP contribution is -2.23. The van der Waals surface area contributed by atoms with Crippen molar-refractivity contribution in [1.82, 2.24) is 9.55 Å². The van der Waals surface area contributed by atoms with E-state index < -0.39 is 18.0 Å². The number of hydrogen-bond acceptors (Lipinski definition) is 5. The van der Waals surface area contributed by atoms with Crippen LogP contribution in [0.2, 0.25) is 5.02 Å². The minimum absolute atomic E-state index is 0.117. The third kappa shape index (κ3) is 4.71. The van der Waals surface area contributed by atoms with E-state index in [0.717, 1.165) is 6.07 Å². The SMILES string of the molecule is O=C(Nc1ccc(Cl)cn1)OC(=O)Nc1ccc(-n2ccccc2=O)cc1F. The molecule has 2 heterocycles. The van der Waals surface area contributed by atoms with Gasteiger partial charge in [0, 0.05) is 24.5 Å². The highest BCUT2D eigenvalue weighted by atomic mass is 35.5. The highest BCUT2D eigenvalue weighted by Crippen LogP contribution is 2.18. The molecule has 0 saturated carbocycles. The smallest absolute Gasteiger partial charge is 0.359 e. The predicted octanol–water partition coefficient (Wildman–Crippen LogP) is 3.81. The molecule has 0 atom stereocenters. The summed E-state index contributed by atoms with van der Waals surface area (Å²) in [6, 6.07) is 11.1. The number of hydrogen-bond donors (Lipinski definition) is 2. The molecule has 142 valence electrons. The zero-order valence-electron chi connectivity index (χ0n) is 14.1. The van der Waals surface area contributed by atoms with Gasteiger partial charge in [0.15, 0.2) is 0 Å². The fourth-order valence-electron chi connectivity index (χ4n) is 2.20. The number of aromatic nitrogens is 2. The van der Waals surface area contributed by atoms with Gasteiger partial charge >= 0.3 is 12.2 Å². The van der Waals surface area contributed by atoms with Crippen LogP contribution in [0.1, 0.15) is 0 Å². The first-order chi connectivity index (χ1) is 13.4. The molecule has 0 aliphatic heterocycles. The third-order valence-electron chi connectivity index (χ3n) is 3.43. The summed E-state index contributed by atoms with van der Waals surface area (Å²) < 4.78 is 20.0. The van der Waals surface area contributed by atoms with Crippen LogP contribution in [0.15, 0.2) is 65.7 Å². The van der Waals surface area contributed by atoms with E-state index in [1.807, 2.05) is 0 Å². The summed E-state index contributed by atoms with van der Waals surface area (Å²) in [6.07, 6.45) is 0.468. The number of rotatable bonds is 3. The van der Waals surface area contributed by atoms with Gasteiger partial charge in [-0.2, -0.15) is 0 Å². The second-order valence-electron chi connectivity index (χ2n) is 5.36. The first kappa shape index (κ1) is 19.1. The van der Waals surface area contributed by atoms with Gasteiger partial charge in [-0.05, 0) is 30.3 Å². The molecule has 2 N–H and O–H groups in total. The van der Waals surface area contributed by atoms with Crippen molar-refractivity contribution in [3.63, 3.8) is 0 Å². The Bertz CT molecular complexity index is 1090. The van der Waals surface area contributed by atoms with Crippen LogP contribution in [0.3, 0.4) is 0 Å². The molecule has 3 aromatic rings. The number of anilines is 2. The second kappa shape index (κ2) is 8.31. The molecule has 1 aromatic carbocycles. The molecule has 2 aromatic heterocycles. The topological polar surface area (TPSA) is 102 Å². The van der Waals surface area contributed by atoms with Gasteiger partial charge in [0.1, 0.15) is 11.6 Å². The summed E-state index contributed by atoms with van der Waals surface area (Å²) in [5.41, 5.74) is -0.293. The first-order valence-corrected chi connectivity index (χ1v) is 8.19. The minimum Gasteiger partial charge on any atom is -0.359 e. The van der Waals surface area contributed by atoms with E-state index in [1.54, 1.807) is 12.1 Å². The Labute approximate surface area is 162 Å². The lowest BCUT2D eigenvalue weighted by molar-refractivity contribution is 0.170. The highest BCUT2D eigenvalue weighted by Gasteiger charge is 2.14. The number of carbonyl (C=O) groups is 2. The van der Waals surface area contributed by atoms with E-state index in [9.17, 15) is 18.8 Å². The van der Waals surface area contributed by atoms with Crippen molar-refractivity contribution in [1.29, 1.82) is 0 Å². The van der Waals surface area contributed by atoms with E-state index in [4.69, 9.17) is 11.6 Å². The number of halogens is 2. The quantitative estimate of drug-likeness (QED) is 0.648. The van der Waals surface area contributed by atoms with Crippen LogP contribution in [-0.2, 0) is 4.74 Å². The summed E-state index contributed by atoms with van der Waals surface area (Å²) >= 11 is 5.67. The molecule has 3 rings (SSSR count). The lowest BCUT2D eigenvalue weighted by Gasteiger charge is -2.10. The molecule has 0 saturated heterocycles. The lowest BCUT2D eigenvalue weighted by atomic mass is 10.2. The molecule has 0 aliphatic carbocycles. The number of nitrogens with one attached hydrogen (secondary N) is 2. The van der Waals surface area contributed by atoms with Gasteiger partial charge in [0.25, 0.3) is 5.56 Å². The van der Waals surface area contributed by atoms with E-state index in [0.29, 0.717) is 5.02 Å². The number of benzene rings is 1. The van der Waals surface area contributed by atoms with Crippen LogP contribution < -0.4 is 16.2 Å². The standard InChI is InChI=1S/C18H12ClFN4O4/c19-11-4-7-15(21-10-11)23-18(27)28-17(26)22-14-6-5-12(9-13(14)20)24-8-2-1-3-16(24)25/h1-10H,(H,22,26)(H,21,23,27). The van der Waals surface area contributed by atoms with Gasteiger partial charge in [-0.25, -0.2) is 19.0 Å². The Kier molecular flexibility index (Phi) is 5.66. The Morgan fingerprint density at radius 1 is 1.07 bits per heavy atom. The van der Waals surface area contributed by atoms with Gasteiger partial charge < -0.3 is 4.74 Å². The zero-order valence-corrected chi connectivity index (χ0v) is 14.8. The van der Waals surface area contributed by atoms with Crippen LogP contribution in [0.25, 0.3) is 5.69 Å². The van der Waals surface area contributed by atoms with Crippen LogP contribution in [0, 0.1) is 5.82 Å². The van der Waals surface area contributed by atoms with Crippen molar-refractivity contribution in [3.8, 4) is 5.69 Å². The summed E-state index contributed by atoms with van der Waals surface area (Å²) in [5.74, 6) is -0.698. The maximum Gasteiger partial charge on any atom is 0.421 e. The van der Waals surface area contributed by atoms with E-state index in [2.05, 4.69) is 20.4 Å². The monoisotopic (exact) mass is 402 g/mol. The zero-order chi connectivity index (χ0) is 20.1. The molecule has 2 amide bonds. The van der Waals surface area contributed by atoms with Crippen LogP contribution >= 0.6 is 11.6 Å². The number of carbonyl (C=O) groups excluding carboxylic acids is 2. The molecule has 0 aliphatic rings. The molecule has 10 heteroatoms. The van der Waals surface area contributed by atoms with Gasteiger partial charge in [0.2, 0.25) is 0 Å². The Hall–Kier alpha value is -3.72. The van der Waals surface area contributed by atoms with E-state index in [1.165, 1.54) is 47.3 Å². The van der Waals surface area contributed by atoms with E-state index in [-0.39, 0.29) is 22.8 Å². The van der Waals surface area contributed by atoms with Crippen molar-refractivity contribution in [3.05, 3.63) is 82.1 Å². The van der Waals surface area contributed by atoms with Crippen LogP contribution in [0.5, 0.6) is 0 Å². The van der Waals surface area contributed by atoms with Gasteiger partial charge in [-0.1, -0.05) is 17.7 Å². The molecule has 0 unspecified atom stereocenters. The predicted molar refractivity (Wildman–Crippen MR) is 100 cm³/mol. The summed E-state index contributed by atoms with van der Waals surface area (Å²) in [5, 5.41) is 4.69. The number of ether oxygens (including phenoxy) is 1. The fourth-order valence-corrected chi connectivity index (χ4v) is 2.31.